The van der Waals surface area contributed by atoms with Gasteiger partial charge in [0.2, 0.25) is 5.79 Å². The Kier molecular flexibility index (Phi) is 2.69. The second-order valence-corrected chi connectivity index (χ2v) is 4.53. The van der Waals surface area contributed by atoms with Crippen molar-refractivity contribution in [3.63, 3.8) is 0 Å². The van der Waals surface area contributed by atoms with Crippen LogP contribution in [-0.4, -0.2) is 5.84 Å². The van der Waals surface area contributed by atoms with E-state index in [0.717, 1.165) is 12.1 Å². The molecule has 20 heavy (non-hydrogen) atoms. The normalized spacial score (nSPS) is 20.9. The summed E-state index contributed by atoms with van der Waals surface area (Å²) in [6.45, 7) is 0. The Balaban J connectivity index is 2.19. The van der Waals surface area contributed by atoms with E-state index in [1.807, 2.05) is 0 Å². The number of para-hydroxylation sites is 1. The third kappa shape index (κ3) is 1.81. The Bertz CT molecular complexity index is 694. The van der Waals surface area contributed by atoms with Gasteiger partial charge in [-0.15, -0.1) is 0 Å². The van der Waals surface area contributed by atoms with E-state index < -0.39 is 17.4 Å². The summed E-state index contributed by atoms with van der Waals surface area (Å²) >= 11 is 0. The molecule has 1 heterocycles. The zero-order valence-electron chi connectivity index (χ0n) is 10.4. The van der Waals surface area contributed by atoms with Crippen molar-refractivity contribution < 1.29 is 8.78 Å². The van der Waals surface area contributed by atoms with Crippen molar-refractivity contribution in [3.05, 3.63) is 65.2 Å². The van der Waals surface area contributed by atoms with Crippen molar-refractivity contribution in [2.45, 2.75) is 5.79 Å². The maximum atomic E-state index is 13.9. The Morgan fingerprint density at radius 2 is 1.65 bits per heavy atom. The summed E-state index contributed by atoms with van der Waals surface area (Å²) in [5, 5.41) is 2.83. The van der Waals surface area contributed by atoms with Crippen molar-refractivity contribution in [2.24, 2.45) is 16.5 Å². The summed E-state index contributed by atoms with van der Waals surface area (Å²) in [4.78, 5) is 4.03. The first-order valence-electron chi connectivity index (χ1n) is 5.97. The topological polar surface area (TPSA) is 76.4 Å². The Morgan fingerprint density at radius 3 is 2.35 bits per heavy atom. The molecule has 3 rings (SSSR count). The monoisotopic (exact) mass is 274 g/mol. The molecule has 1 aliphatic heterocycles. The molecule has 0 aliphatic carbocycles. The lowest BCUT2D eigenvalue weighted by Gasteiger charge is -2.33. The molecule has 0 saturated heterocycles. The summed E-state index contributed by atoms with van der Waals surface area (Å²) in [7, 11) is 0. The first-order valence-corrected chi connectivity index (χ1v) is 5.97. The van der Waals surface area contributed by atoms with Crippen molar-refractivity contribution in [1.29, 1.82) is 0 Å². The number of aliphatic imine (C=N–C) groups is 1. The molecule has 0 radical (unpaired) electrons. The second kappa shape index (κ2) is 4.28. The van der Waals surface area contributed by atoms with E-state index in [4.69, 9.17) is 11.5 Å². The van der Waals surface area contributed by atoms with E-state index in [-0.39, 0.29) is 11.4 Å². The number of halogens is 2. The van der Waals surface area contributed by atoms with Gasteiger partial charge < -0.3 is 11.1 Å². The van der Waals surface area contributed by atoms with Gasteiger partial charge in [0.25, 0.3) is 0 Å². The maximum Gasteiger partial charge on any atom is 0.217 e. The average molecular weight is 274 g/mol. The summed E-state index contributed by atoms with van der Waals surface area (Å²) < 4.78 is 27.8. The van der Waals surface area contributed by atoms with Gasteiger partial charge in [0.15, 0.2) is 0 Å². The molecule has 5 N–H and O–H groups in total. The molecule has 0 aromatic heterocycles. The Hall–Kier alpha value is -2.47. The first kappa shape index (κ1) is 12.6. The zero-order chi connectivity index (χ0) is 14.3. The number of benzene rings is 2. The minimum absolute atomic E-state index is 0.129. The van der Waals surface area contributed by atoms with Gasteiger partial charge >= 0.3 is 0 Å². The van der Waals surface area contributed by atoms with Gasteiger partial charge in [-0.2, -0.15) is 0 Å². The highest BCUT2D eigenvalue weighted by atomic mass is 19.1. The van der Waals surface area contributed by atoms with E-state index in [2.05, 4.69) is 10.3 Å². The molecule has 0 spiro atoms. The first-order chi connectivity index (χ1) is 9.51. The second-order valence-electron chi connectivity index (χ2n) is 4.53. The van der Waals surface area contributed by atoms with Crippen LogP contribution in [0, 0.1) is 11.6 Å². The number of fused-ring (bicyclic) bond motifs is 1. The molecule has 0 saturated carbocycles. The van der Waals surface area contributed by atoms with E-state index in [1.54, 1.807) is 24.3 Å². The predicted octanol–water partition coefficient (Wildman–Crippen LogP) is 1.86. The van der Waals surface area contributed by atoms with E-state index in [1.165, 1.54) is 6.07 Å². The van der Waals surface area contributed by atoms with Crippen LogP contribution in [0.4, 0.5) is 14.5 Å². The fourth-order valence-corrected chi connectivity index (χ4v) is 2.28. The number of anilines is 1. The number of rotatable bonds is 1. The van der Waals surface area contributed by atoms with Crippen LogP contribution < -0.4 is 16.8 Å². The van der Waals surface area contributed by atoms with Crippen LogP contribution in [0.15, 0.2) is 47.5 Å². The summed E-state index contributed by atoms with van der Waals surface area (Å²) in [5.41, 5.74) is 12.7. The van der Waals surface area contributed by atoms with Crippen LogP contribution >= 0.6 is 0 Å². The van der Waals surface area contributed by atoms with Crippen LogP contribution in [0.3, 0.4) is 0 Å². The molecule has 102 valence electrons. The van der Waals surface area contributed by atoms with Crippen molar-refractivity contribution in [2.75, 3.05) is 5.32 Å². The predicted molar refractivity (Wildman–Crippen MR) is 73.0 cm³/mol. The largest absolute Gasteiger partial charge is 0.383 e. The van der Waals surface area contributed by atoms with Crippen molar-refractivity contribution in [3.8, 4) is 0 Å². The van der Waals surface area contributed by atoms with E-state index >= 15 is 0 Å². The van der Waals surface area contributed by atoms with Gasteiger partial charge in [-0.1, -0.05) is 18.2 Å². The third-order valence-electron chi connectivity index (χ3n) is 3.17. The molecule has 1 atom stereocenters. The lowest BCUT2D eigenvalue weighted by atomic mass is 10.0. The molecule has 6 heteroatoms. The minimum atomic E-state index is -1.77. The lowest BCUT2D eigenvalue weighted by Crippen LogP contribution is -2.48. The highest BCUT2D eigenvalue weighted by Crippen LogP contribution is 2.32. The average Bonchev–Trinajstić information content (AvgIpc) is 2.38. The van der Waals surface area contributed by atoms with Crippen LogP contribution in [-0.2, 0) is 5.79 Å². The molecule has 0 fully saturated rings. The molecule has 0 amide bonds. The number of hydrogen-bond donors (Lipinski definition) is 3. The van der Waals surface area contributed by atoms with Gasteiger partial charge in [0.1, 0.15) is 17.5 Å². The Labute approximate surface area is 114 Å². The number of amidine groups is 1. The molecule has 1 unspecified atom stereocenters. The fraction of sp³-hybridized carbons (Fsp3) is 0.0714. The molecule has 2 aromatic rings. The summed E-state index contributed by atoms with van der Waals surface area (Å²) in [5.74, 6) is -3.20. The van der Waals surface area contributed by atoms with Gasteiger partial charge in [0.05, 0.1) is 5.56 Å². The minimum Gasteiger partial charge on any atom is -0.383 e. The lowest BCUT2D eigenvalue weighted by molar-refractivity contribution is 0.452. The van der Waals surface area contributed by atoms with Crippen LogP contribution in [0.1, 0.15) is 11.1 Å². The van der Waals surface area contributed by atoms with Gasteiger partial charge in [-0.25, -0.2) is 13.8 Å². The smallest absolute Gasteiger partial charge is 0.217 e. The van der Waals surface area contributed by atoms with Crippen LogP contribution in [0.25, 0.3) is 0 Å². The molecule has 1 aliphatic rings. The molecular weight excluding hydrogens is 262 g/mol. The maximum absolute atomic E-state index is 13.9. The van der Waals surface area contributed by atoms with E-state index in [0.29, 0.717) is 11.3 Å². The number of nitrogens with two attached hydrogens (primary N) is 2. The highest BCUT2D eigenvalue weighted by molar-refractivity contribution is 6.04. The van der Waals surface area contributed by atoms with Crippen molar-refractivity contribution >= 4 is 11.5 Å². The van der Waals surface area contributed by atoms with Gasteiger partial charge in [0, 0.05) is 11.3 Å². The Morgan fingerprint density at radius 1 is 1.00 bits per heavy atom. The summed E-state index contributed by atoms with van der Waals surface area (Å²) in [6.07, 6.45) is 0. The summed E-state index contributed by atoms with van der Waals surface area (Å²) in [6, 6.07) is 10.5. The van der Waals surface area contributed by atoms with Gasteiger partial charge in [-0.05, 0) is 24.3 Å². The number of nitrogens with zero attached hydrogens (tertiary/aromatic N) is 1. The van der Waals surface area contributed by atoms with E-state index in [9.17, 15) is 8.78 Å². The molecule has 0 bridgehead atoms. The quantitative estimate of drug-likeness (QED) is 0.743. The standard InChI is InChI=1S/C14H12F2N4/c15-9-5-3-6-10(16)12(9)14(18)19-11-7-2-1-4-8(11)13(17)20-14/h1-7,19H,18H2,(H2,17,20). The third-order valence-corrected chi connectivity index (χ3v) is 3.17. The SMILES string of the molecule is NC1=NC(N)(c2c(F)cccc2F)Nc2ccccc21. The van der Waals surface area contributed by atoms with Gasteiger partial charge in [-0.3, -0.25) is 5.73 Å². The zero-order valence-corrected chi connectivity index (χ0v) is 10.4. The number of hydrogen-bond acceptors (Lipinski definition) is 4. The fourth-order valence-electron chi connectivity index (χ4n) is 2.28. The highest BCUT2D eigenvalue weighted by Gasteiger charge is 2.36. The molecule has 4 nitrogen and oxygen atoms in total. The van der Waals surface area contributed by atoms with Crippen molar-refractivity contribution in [1.82, 2.24) is 0 Å². The van der Waals surface area contributed by atoms with Crippen LogP contribution in [0.2, 0.25) is 0 Å². The molecule has 2 aromatic carbocycles. The molecular formula is C14H12F2N4. The van der Waals surface area contributed by atoms with Crippen LogP contribution in [0.5, 0.6) is 0 Å². The number of nitrogens with one attached hydrogen (secondary N) is 1.